The number of likely N-dealkylation sites (tertiary alicyclic amines) is 1. The van der Waals surface area contributed by atoms with Gasteiger partial charge < -0.3 is 5.73 Å². The summed E-state index contributed by atoms with van der Waals surface area (Å²) in [5.74, 6) is 1.32. The maximum absolute atomic E-state index is 8.52. The lowest BCUT2D eigenvalue weighted by Gasteiger charge is -2.35. The topological polar surface area (TPSA) is 53.0 Å². The fourth-order valence-corrected chi connectivity index (χ4v) is 1.78. The van der Waals surface area contributed by atoms with Crippen LogP contribution >= 0.6 is 0 Å². The molecule has 1 fully saturated rings. The molecule has 12 heavy (non-hydrogen) atoms. The second-order valence-corrected chi connectivity index (χ2v) is 3.65. The van der Waals surface area contributed by atoms with Crippen LogP contribution in [0.25, 0.3) is 0 Å². The highest BCUT2D eigenvalue weighted by atomic mass is 15.1. The second kappa shape index (κ2) is 4.44. The average molecular weight is 167 g/mol. The van der Waals surface area contributed by atoms with Crippen molar-refractivity contribution in [1.29, 1.82) is 5.26 Å². The standard InChI is InChI=1S/C9H17N3/c1-8-2-4-12(5-3-10)7-9(8)6-11/h8-9H,2,4-7,11H2,1H3. The summed E-state index contributed by atoms with van der Waals surface area (Å²) in [6.07, 6.45) is 1.18. The highest BCUT2D eigenvalue weighted by Gasteiger charge is 2.24. The average Bonchev–Trinajstić information content (AvgIpc) is 2.09. The molecule has 0 radical (unpaired) electrons. The van der Waals surface area contributed by atoms with E-state index in [1.54, 1.807) is 0 Å². The lowest BCUT2D eigenvalue weighted by atomic mass is 9.87. The van der Waals surface area contributed by atoms with Crippen molar-refractivity contribution in [2.24, 2.45) is 17.6 Å². The third-order valence-corrected chi connectivity index (χ3v) is 2.80. The van der Waals surface area contributed by atoms with E-state index >= 15 is 0 Å². The van der Waals surface area contributed by atoms with Crippen LogP contribution in [0.5, 0.6) is 0 Å². The van der Waals surface area contributed by atoms with Crippen molar-refractivity contribution in [3.63, 3.8) is 0 Å². The number of rotatable bonds is 2. The first kappa shape index (κ1) is 9.50. The molecule has 2 atom stereocenters. The van der Waals surface area contributed by atoms with Gasteiger partial charge in [0.2, 0.25) is 0 Å². The number of nitrogens with zero attached hydrogens (tertiary/aromatic N) is 2. The molecule has 0 amide bonds. The van der Waals surface area contributed by atoms with E-state index in [9.17, 15) is 0 Å². The summed E-state index contributed by atoms with van der Waals surface area (Å²) in [4.78, 5) is 2.19. The highest BCUT2D eigenvalue weighted by molar-refractivity contribution is 4.84. The van der Waals surface area contributed by atoms with Crippen LogP contribution in [0.2, 0.25) is 0 Å². The molecule has 0 saturated carbocycles. The SMILES string of the molecule is CC1CCN(CC#N)CC1CN. The van der Waals surface area contributed by atoms with Gasteiger partial charge in [0.15, 0.2) is 0 Å². The van der Waals surface area contributed by atoms with Gasteiger partial charge in [0.1, 0.15) is 0 Å². The predicted molar refractivity (Wildman–Crippen MR) is 48.4 cm³/mol. The molecule has 0 aliphatic carbocycles. The molecule has 3 heteroatoms. The first-order chi connectivity index (χ1) is 5.77. The van der Waals surface area contributed by atoms with Crippen molar-refractivity contribution >= 4 is 0 Å². The first-order valence-electron chi connectivity index (χ1n) is 4.57. The number of nitrogens with two attached hydrogens (primary N) is 1. The Hall–Kier alpha value is -0.590. The third kappa shape index (κ3) is 2.20. The van der Waals surface area contributed by atoms with Crippen LogP contribution in [-0.4, -0.2) is 31.1 Å². The summed E-state index contributed by atoms with van der Waals surface area (Å²) < 4.78 is 0. The van der Waals surface area contributed by atoms with Crippen molar-refractivity contribution in [3.05, 3.63) is 0 Å². The van der Waals surface area contributed by atoms with Crippen molar-refractivity contribution < 1.29 is 0 Å². The van der Waals surface area contributed by atoms with Crippen LogP contribution in [0.3, 0.4) is 0 Å². The lowest BCUT2D eigenvalue weighted by molar-refractivity contribution is 0.146. The maximum atomic E-state index is 8.52. The molecule has 0 bridgehead atoms. The van der Waals surface area contributed by atoms with Gasteiger partial charge in [-0.05, 0) is 31.3 Å². The number of piperidine rings is 1. The summed E-state index contributed by atoms with van der Waals surface area (Å²) in [5.41, 5.74) is 5.64. The van der Waals surface area contributed by atoms with Crippen molar-refractivity contribution in [3.8, 4) is 6.07 Å². The van der Waals surface area contributed by atoms with Crippen molar-refractivity contribution in [2.75, 3.05) is 26.2 Å². The van der Waals surface area contributed by atoms with E-state index in [0.717, 1.165) is 25.6 Å². The highest BCUT2D eigenvalue weighted by Crippen LogP contribution is 2.21. The van der Waals surface area contributed by atoms with E-state index in [2.05, 4.69) is 17.9 Å². The Morgan fingerprint density at radius 3 is 3.00 bits per heavy atom. The Balaban J connectivity index is 2.39. The van der Waals surface area contributed by atoms with Gasteiger partial charge in [-0.15, -0.1) is 0 Å². The molecule has 0 aromatic rings. The van der Waals surface area contributed by atoms with Gasteiger partial charge in [0.05, 0.1) is 12.6 Å². The predicted octanol–water partition coefficient (Wildman–Crippen LogP) is 0.427. The van der Waals surface area contributed by atoms with Crippen LogP contribution in [0.15, 0.2) is 0 Å². The Morgan fingerprint density at radius 1 is 1.67 bits per heavy atom. The largest absolute Gasteiger partial charge is 0.330 e. The summed E-state index contributed by atoms with van der Waals surface area (Å²) in [6.45, 7) is 5.63. The van der Waals surface area contributed by atoms with Crippen molar-refractivity contribution in [2.45, 2.75) is 13.3 Å². The number of hydrogen-bond acceptors (Lipinski definition) is 3. The monoisotopic (exact) mass is 167 g/mol. The molecule has 3 nitrogen and oxygen atoms in total. The quantitative estimate of drug-likeness (QED) is 0.607. The zero-order chi connectivity index (χ0) is 8.97. The minimum Gasteiger partial charge on any atom is -0.330 e. The Kier molecular flexibility index (Phi) is 3.51. The molecule has 1 aliphatic rings. The first-order valence-corrected chi connectivity index (χ1v) is 4.57. The van der Waals surface area contributed by atoms with Crippen LogP contribution in [0.4, 0.5) is 0 Å². The molecule has 2 unspecified atom stereocenters. The van der Waals surface area contributed by atoms with Gasteiger partial charge in [-0.2, -0.15) is 5.26 Å². The molecule has 2 N–H and O–H groups in total. The smallest absolute Gasteiger partial charge is 0.0866 e. The molecule has 1 aliphatic heterocycles. The van der Waals surface area contributed by atoms with Gasteiger partial charge in [-0.3, -0.25) is 4.90 Å². The van der Waals surface area contributed by atoms with E-state index in [1.807, 2.05) is 0 Å². The summed E-state index contributed by atoms with van der Waals surface area (Å²) >= 11 is 0. The van der Waals surface area contributed by atoms with E-state index in [0.29, 0.717) is 12.5 Å². The van der Waals surface area contributed by atoms with E-state index < -0.39 is 0 Å². The molecule has 0 aromatic heterocycles. The number of hydrogen-bond donors (Lipinski definition) is 1. The van der Waals surface area contributed by atoms with Gasteiger partial charge in [-0.25, -0.2) is 0 Å². The summed E-state index contributed by atoms with van der Waals surface area (Å²) in [5, 5.41) is 8.52. The molecular formula is C9H17N3. The van der Waals surface area contributed by atoms with E-state index in [1.165, 1.54) is 6.42 Å². The minimum absolute atomic E-state index is 0.559. The fraction of sp³-hybridized carbons (Fsp3) is 0.889. The zero-order valence-electron chi connectivity index (χ0n) is 7.66. The molecular weight excluding hydrogens is 150 g/mol. The van der Waals surface area contributed by atoms with Crippen LogP contribution < -0.4 is 5.73 Å². The number of nitriles is 1. The molecule has 1 heterocycles. The fourth-order valence-electron chi connectivity index (χ4n) is 1.78. The zero-order valence-corrected chi connectivity index (χ0v) is 7.66. The minimum atomic E-state index is 0.559. The molecule has 1 saturated heterocycles. The van der Waals surface area contributed by atoms with Gasteiger partial charge in [0.25, 0.3) is 0 Å². The molecule has 0 spiro atoms. The van der Waals surface area contributed by atoms with Gasteiger partial charge >= 0.3 is 0 Å². The maximum Gasteiger partial charge on any atom is 0.0866 e. The van der Waals surface area contributed by atoms with E-state index in [-0.39, 0.29) is 0 Å². The van der Waals surface area contributed by atoms with Crippen LogP contribution in [0.1, 0.15) is 13.3 Å². The summed E-state index contributed by atoms with van der Waals surface area (Å²) in [7, 11) is 0. The molecule has 0 aromatic carbocycles. The van der Waals surface area contributed by atoms with Crippen molar-refractivity contribution in [1.82, 2.24) is 4.90 Å². The van der Waals surface area contributed by atoms with Gasteiger partial charge in [-0.1, -0.05) is 6.92 Å². The molecule has 1 rings (SSSR count). The Morgan fingerprint density at radius 2 is 2.42 bits per heavy atom. The van der Waals surface area contributed by atoms with Gasteiger partial charge in [0, 0.05) is 6.54 Å². The van der Waals surface area contributed by atoms with Crippen LogP contribution in [0, 0.1) is 23.2 Å². The van der Waals surface area contributed by atoms with Crippen LogP contribution in [-0.2, 0) is 0 Å². The Labute approximate surface area is 74.1 Å². The Bertz CT molecular complexity index is 173. The third-order valence-electron chi connectivity index (χ3n) is 2.80. The summed E-state index contributed by atoms with van der Waals surface area (Å²) in [6, 6.07) is 2.18. The second-order valence-electron chi connectivity index (χ2n) is 3.65. The normalized spacial score (nSPS) is 31.4. The van der Waals surface area contributed by atoms with E-state index in [4.69, 9.17) is 11.0 Å². The molecule has 68 valence electrons. The lowest BCUT2D eigenvalue weighted by Crippen LogP contribution is -2.42.